The number of halogens is 4. The normalized spacial score (nSPS) is 18.5. The highest BCUT2D eigenvalue weighted by Crippen LogP contribution is 2.50. The summed E-state index contributed by atoms with van der Waals surface area (Å²) in [6, 6.07) is 5.86. The van der Waals surface area contributed by atoms with Gasteiger partial charge >= 0.3 is 12.1 Å². The number of nitrogens with zero attached hydrogens (tertiary/aromatic N) is 2. The van der Waals surface area contributed by atoms with E-state index in [2.05, 4.69) is 4.98 Å². The molecule has 10 heteroatoms. The number of benzene rings is 1. The zero-order valence-corrected chi connectivity index (χ0v) is 17.4. The van der Waals surface area contributed by atoms with Crippen LogP contribution < -0.4 is 4.90 Å². The smallest absolute Gasteiger partial charge is 0.422 e. The fraction of sp³-hybridized carbons (Fsp3) is 0.429. The van der Waals surface area contributed by atoms with Crippen LogP contribution in [0.25, 0.3) is 0 Å². The van der Waals surface area contributed by atoms with E-state index in [1.54, 1.807) is 4.90 Å². The molecule has 31 heavy (non-hydrogen) atoms. The molecular weight excluding hydrogens is 437 g/mol. The number of phenols is 1. The van der Waals surface area contributed by atoms with E-state index in [1.807, 2.05) is 0 Å². The first-order valence-corrected chi connectivity index (χ1v) is 10.0. The van der Waals surface area contributed by atoms with Crippen molar-refractivity contribution in [3.8, 4) is 5.75 Å². The Morgan fingerprint density at radius 1 is 1.23 bits per heavy atom. The maximum atomic E-state index is 14.2. The van der Waals surface area contributed by atoms with Crippen LogP contribution >= 0.6 is 11.6 Å². The van der Waals surface area contributed by atoms with Crippen LogP contribution in [0.15, 0.2) is 36.5 Å². The Balaban J connectivity index is 1.98. The lowest BCUT2D eigenvalue weighted by Crippen LogP contribution is -2.47. The second kappa shape index (κ2) is 8.55. The van der Waals surface area contributed by atoms with E-state index in [9.17, 15) is 28.2 Å². The third-order valence-corrected chi connectivity index (χ3v) is 6.19. The van der Waals surface area contributed by atoms with Crippen molar-refractivity contribution in [2.75, 3.05) is 18.0 Å². The van der Waals surface area contributed by atoms with Gasteiger partial charge in [0.15, 0.2) is 5.60 Å². The number of carboxylic acid groups (broad SMARTS) is 1. The second-order valence-electron chi connectivity index (χ2n) is 7.69. The highest BCUT2D eigenvalue weighted by atomic mass is 35.5. The van der Waals surface area contributed by atoms with Gasteiger partial charge in [-0.2, -0.15) is 13.2 Å². The molecule has 1 aromatic carbocycles. The van der Waals surface area contributed by atoms with E-state index in [1.165, 1.54) is 31.3 Å². The lowest BCUT2D eigenvalue weighted by Gasteiger charge is -2.38. The summed E-state index contributed by atoms with van der Waals surface area (Å²) < 4.78 is 42.6. The van der Waals surface area contributed by atoms with Gasteiger partial charge in [-0.15, -0.1) is 0 Å². The highest BCUT2D eigenvalue weighted by Gasteiger charge is 2.59. The number of phenolic OH excluding ortho intramolecular Hbond substituents is 1. The zero-order valence-electron chi connectivity index (χ0n) is 16.6. The van der Waals surface area contributed by atoms with Gasteiger partial charge in [0.25, 0.3) is 0 Å². The standard InChI is InChI=1S/C21H22ClF3N2O4/c1-12(16-3-2-15(28)11-17(16)22)20(31,21(23,24)25)14-4-7-26-18(10-14)27-8-5-13(6-9-27)19(29)30/h2-4,7,10-13,28,31H,5-6,8-9H2,1H3,(H,29,30). The molecule has 2 atom stereocenters. The van der Waals surface area contributed by atoms with Gasteiger partial charge in [0.05, 0.1) is 5.92 Å². The van der Waals surface area contributed by atoms with Crippen LogP contribution in [0.2, 0.25) is 5.02 Å². The number of piperidine rings is 1. The van der Waals surface area contributed by atoms with Gasteiger partial charge in [-0.3, -0.25) is 4.79 Å². The van der Waals surface area contributed by atoms with Crippen LogP contribution in [-0.2, 0) is 10.4 Å². The van der Waals surface area contributed by atoms with E-state index in [4.69, 9.17) is 16.7 Å². The van der Waals surface area contributed by atoms with Crippen molar-refractivity contribution in [3.63, 3.8) is 0 Å². The molecule has 3 rings (SSSR count). The highest BCUT2D eigenvalue weighted by molar-refractivity contribution is 6.31. The number of aromatic nitrogens is 1. The van der Waals surface area contributed by atoms with Crippen molar-refractivity contribution in [2.45, 2.75) is 37.5 Å². The molecule has 0 bridgehead atoms. The maximum absolute atomic E-state index is 14.2. The minimum absolute atomic E-state index is 0.0277. The SMILES string of the molecule is CC(c1ccc(O)cc1Cl)C(O)(c1ccnc(N2CCC(C(=O)O)CC2)c1)C(F)(F)F. The summed E-state index contributed by atoms with van der Waals surface area (Å²) in [5.74, 6) is -2.86. The van der Waals surface area contributed by atoms with Gasteiger partial charge in [-0.25, -0.2) is 4.98 Å². The van der Waals surface area contributed by atoms with Gasteiger partial charge in [0.2, 0.25) is 0 Å². The second-order valence-corrected chi connectivity index (χ2v) is 8.10. The van der Waals surface area contributed by atoms with Crippen LogP contribution in [0.3, 0.4) is 0 Å². The van der Waals surface area contributed by atoms with Gasteiger partial charge < -0.3 is 20.2 Å². The number of aromatic hydroxyl groups is 1. The zero-order chi connectivity index (χ0) is 23.0. The molecule has 1 fully saturated rings. The Morgan fingerprint density at radius 3 is 2.42 bits per heavy atom. The average Bonchev–Trinajstić information content (AvgIpc) is 2.72. The van der Waals surface area contributed by atoms with Gasteiger partial charge in [0, 0.05) is 30.2 Å². The van der Waals surface area contributed by atoms with E-state index < -0.39 is 35.1 Å². The van der Waals surface area contributed by atoms with Crippen molar-refractivity contribution in [3.05, 3.63) is 52.7 Å². The van der Waals surface area contributed by atoms with Crippen molar-refractivity contribution in [2.24, 2.45) is 5.92 Å². The number of pyridine rings is 1. The van der Waals surface area contributed by atoms with E-state index in [-0.39, 0.29) is 22.2 Å². The van der Waals surface area contributed by atoms with Crippen molar-refractivity contribution in [1.82, 2.24) is 4.98 Å². The summed E-state index contributed by atoms with van der Waals surface area (Å²) in [7, 11) is 0. The quantitative estimate of drug-likeness (QED) is 0.618. The largest absolute Gasteiger partial charge is 0.508 e. The monoisotopic (exact) mass is 458 g/mol. The molecule has 1 aromatic heterocycles. The lowest BCUT2D eigenvalue weighted by atomic mass is 9.78. The Kier molecular flexibility index (Phi) is 6.38. The number of alkyl halides is 3. The molecule has 0 spiro atoms. The van der Waals surface area contributed by atoms with Crippen molar-refractivity contribution >= 4 is 23.4 Å². The molecule has 1 aliphatic rings. The first-order chi connectivity index (χ1) is 14.4. The predicted molar refractivity (Wildman–Crippen MR) is 108 cm³/mol. The van der Waals surface area contributed by atoms with Crippen LogP contribution in [0.1, 0.15) is 36.8 Å². The third kappa shape index (κ3) is 4.43. The molecule has 0 saturated carbocycles. The fourth-order valence-corrected chi connectivity index (χ4v) is 4.27. The van der Waals surface area contributed by atoms with Crippen LogP contribution in [0.4, 0.5) is 19.0 Å². The number of hydrogen-bond donors (Lipinski definition) is 3. The number of carboxylic acids is 1. The summed E-state index contributed by atoms with van der Waals surface area (Å²) in [5.41, 5.74) is -3.65. The molecule has 6 nitrogen and oxygen atoms in total. The number of rotatable bonds is 5. The molecule has 0 aliphatic carbocycles. The van der Waals surface area contributed by atoms with Crippen LogP contribution in [-0.4, -0.2) is 45.5 Å². The lowest BCUT2D eigenvalue weighted by molar-refractivity contribution is -0.274. The molecular formula is C21H22ClF3N2O4. The molecule has 3 N–H and O–H groups in total. The predicted octanol–water partition coefficient (Wildman–Crippen LogP) is 4.30. The molecule has 2 heterocycles. The Hall–Kier alpha value is -2.52. The van der Waals surface area contributed by atoms with Gasteiger partial charge in [-0.1, -0.05) is 24.6 Å². The average molecular weight is 459 g/mol. The third-order valence-electron chi connectivity index (χ3n) is 5.86. The minimum Gasteiger partial charge on any atom is -0.508 e. The van der Waals surface area contributed by atoms with Crippen molar-refractivity contribution in [1.29, 1.82) is 0 Å². The Morgan fingerprint density at radius 2 is 1.87 bits per heavy atom. The fourth-order valence-electron chi connectivity index (χ4n) is 3.94. The number of hydrogen-bond acceptors (Lipinski definition) is 5. The molecule has 1 aliphatic heterocycles. The summed E-state index contributed by atoms with van der Waals surface area (Å²) in [5, 5.41) is 29.5. The molecule has 2 unspecified atom stereocenters. The number of anilines is 1. The van der Waals surface area contributed by atoms with Crippen LogP contribution in [0.5, 0.6) is 5.75 Å². The molecule has 0 radical (unpaired) electrons. The maximum Gasteiger partial charge on any atom is 0.422 e. The van der Waals surface area contributed by atoms with Gasteiger partial charge in [-0.05, 0) is 48.2 Å². The minimum atomic E-state index is -5.04. The first-order valence-electron chi connectivity index (χ1n) is 9.67. The van der Waals surface area contributed by atoms with Crippen LogP contribution in [0, 0.1) is 5.92 Å². The molecule has 1 saturated heterocycles. The molecule has 2 aromatic rings. The number of aliphatic carboxylic acids is 1. The van der Waals surface area contributed by atoms with E-state index >= 15 is 0 Å². The van der Waals surface area contributed by atoms with E-state index in [0.717, 1.165) is 12.1 Å². The topological polar surface area (TPSA) is 93.9 Å². The van der Waals surface area contributed by atoms with E-state index in [0.29, 0.717) is 25.9 Å². The number of carbonyl (C=O) groups is 1. The summed E-state index contributed by atoms with van der Waals surface area (Å²) in [4.78, 5) is 17.0. The number of aliphatic hydroxyl groups is 1. The Labute approximate surface area is 181 Å². The van der Waals surface area contributed by atoms with Crippen molar-refractivity contribution < 1.29 is 33.3 Å². The Bertz CT molecular complexity index is 964. The first kappa shape index (κ1) is 23.1. The summed E-state index contributed by atoms with van der Waals surface area (Å²) in [6.07, 6.45) is -3.15. The van der Waals surface area contributed by atoms with Gasteiger partial charge in [0.1, 0.15) is 11.6 Å². The molecule has 168 valence electrons. The molecule has 0 amide bonds. The summed E-state index contributed by atoms with van der Waals surface area (Å²) in [6.45, 7) is 1.87. The summed E-state index contributed by atoms with van der Waals surface area (Å²) >= 11 is 6.05.